The third kappa shape index (κ3) is 6.14. The SMILES string of the molecule is COc1cccc(N2CCC(CNC(=O)NCc3ccccc3CN3CCOCC3)C2)c1. The molecule has 2 amide bonds. The van der Waals surface area contributed by atoms with Gasteiger partial charge >= 0.3 is 6.03 Å². The van der Waals surface area contributed by atoms with Gasteiger partial charge in [0.15, 0.2) is 0 Å². The van der Waals surface area contributed by atoms with Crippen LogP contribution in [0, 0.1) is 5.92 Å². The monoisotopic (exact) mass is 438 g/mol. The quantitative estimate of drug-likeness (QED) is 0.664. The van der Waals surface area contributed by atoms with Gasteiger partial charge in [-0.25, -0.2) is 4.79 Å². The maximum Gasteiger partial charge on any atom is 0.315 e. The molecule has 0 bridgehead atoms. The van der Waals surface area contributed by atoms with E-state index < -0.39 is 0 Å². The van der Waals surface area contributed by atoms with Crippen LogP contribution < -0.4 is 20.3 Å². The number of nitrogens with zero attached hydrogens (tertiary/aromatic N) is 2. The third-order valence-corrected chi connectivity index (χ3v) is 6.31. The molecule has 7 heteroatoms. The zero-order valence-electron chi connectivity index (χ0n) is 18.9. The highest BCUT2D eigenvalue weighted by Crippen LogP contribution is 2.26. The van der Waals surface area contributed by atoms with Gasteiger partial charge in [-0.1, -0.05) is 30.3 Å². The van der Waals surface area contributed by atoms with Crippen molar-refractivity contribution in [3.8, 4) is 5.75 Å². The van der Waals surface area contributed by atoms with Crippen LogP contribution in [0.4, 0.5) is 10.5 Å². The Hall–Kier alpha value is -2.77. The number of hydrogen-bond donors (Lipinski definition) is 2. The lowest BCUT2D eigenvalue weighted by Gasteiger charge is -2.27. The molecule has 2 aromatic carbocycles. The van der Waals surface area contributed by atoms with Crippen molar-refractivity contribution in [1.29, 1.82) is 0 Å². The van der Waals surface area contributed by atoms with E-state index in [-0.39, 0.29) is 6.03 Å². The van der Waals surface area contributed by atoms with Crippen LogP contribution in [0.15, 0.2) is 48.5 Å². The number of ether oxygens (including phenoxy) is 2. The standard InChI is InChI=1S/C25H34N4O3/c1-31-24-8-4-7-23(15-24)29-10-9-20(18-29)16-26-25(30)27-17-21-5-2-3-6-22(21)19-28-11-13-32-14-12-28/h2-8,15,20H,9-14,16-19H2,1H3,(H2,26,27,30). The first-order valence-corrected chi connectivity index (χ1v) is 11.5. The summed E-state index contributed by atoms with van der Waals surface area (Å²) < 4.78 is 10.8. The number of morpholine rings is 1. The summed E-state index contributed by atoms with van der Waals surface area (Å²) in [7, 11) is 1.69. The number of amides is 2. The summed E-state index contributed by atoms with van der Waals surface area (Å²) in [4.78, 5) is 17.2. The maximum atomic E-state index is 12.4. The summed E-state index contributed by atoms with van der Waals surface area (Å²) in [5.74, 6) is 1.32. The topological polar surface area (TPSA) is 66.1 Å². The van der Waals surface area contributed by atoms with Gasteiger partial charge in [0.2, 0.25) is 0 Å². The molecule has 0 aliphatic carbocycles. The number of nitrogens with one attached hydrogen (secondary N) is 2. The number of carbonyl (C=O) groups excluding carboxylic acids is 1. The van der Waals surface area contributed by atoms with Crippen molar-refractivity contribution in [2.24, 2.45) is 5.92 Å². The zero-order valence-corrected chi connectivity index (χ0v) is 18.9. The molecule has 7 nitrogen and oxygen atoms in total. The number of methoxy groups -OCH3 is 1. The maximum absolute atomic E-state index is 12.4. The summed E-state index contributed by atoms with van der Waals surface area (Å²) in [6.07, 6.45) is 1.07. The van der Waals surface area contributed by atoms with E-state index in [1.54, 1.807) is 7.11 Å². The van der Waals surface area contributed by atoms with Crippen LogP contribution in [0.3, 0.4) is 0 Å². The molecule has 0 saturated carbocycles. The molecule has 0 aromatic heterocycles. The van der Waals surface area contributed by atoms with Gasteiger partial charge in [0.1, 0.15) is 5.75 Å². The van der Waals surface area contributed by atoms with Crippen LogP contribution in [-0.4, -0.2) is 64.0 Å². The van der Waals surface area contributed by atoms with Gasteiger partial charge in [0.05, 0.1) is 20.3 Å². The van der Waals surface area contributed by atoms with Gasteiger partial charge in [-0.15, -0.1) is 0 Å². The minimum Gasteiger partial charge on any atom is -0.497 e. The Kier molecular flexibility index (Phi) is 7.85. The van der Waals surface area contributed by atoms with Gasteiger partial charge < -0.3 is 25.0 Å². The number of urea groups is 1. The van der Waals surface area contributed by atoms with Crippen molar-refractivity contribution < 1.29 is 14.3 Å². The Morgan fingerprint density at radius 3 is 2.69 bits per heavy atom. The highest BCUT2D eigenvalue weighted by atomic mass is 16.5. The molecule has 2 heterocycles. The van der Waals surface area contributed by atoms with Gasteiger partial charge in [-0.05, 0) is 35.6 Å². The van der Waals surface area contributed by atoms with Crippen LogP contribution in [-0.2, 0) is 17.8 Å². The minimum absolute atomic E-state index is 0.106. The number of hydrogen-bond acceptors (Lipinski definition) is 5. The van der Waals surface area contributed by atoms with Crippen LogP contribution in [0.25, 0.3) is 0 Å². The molecule has 1 unspecified atom stereocenters. The number of rotatable bonds is 8. The molecule has 32 heavy (non-hydrogen) atoms. The molecule has 2 aromatic rings. The number of benzene rings is 2. The van der Waals surface area contributed by atoms with Gasteiger partial charge in [-0.2, -0.15) is 0 Å². The van der Waals surface area contributed by atoms with Gasteiger partial charge in [0, 0.05) is 57.6 Å². The van der Waals surface area contributed by atoms with E-state index in [4.69, 9.17) is 9.47 Å². The van der Waals surface area contributed by atoms with Crippen molar-refractivity contribution in [3.63, 3.8) is 0 Å². The van der Waals surface area contributed by atoms with Crippen LogP contribution in [0.5, 0.6) is 5.75 Å². The lowest BCUT2D eigenvalue weighted by Crippen LogP contribution is -2.39. The number of carbonyl (C=O) groups is 1. The Balaban J connectivity index is 1.21. The normalized spacial score (nSPS) is 19.0. The molecule has 2 saturated heterocycles. The van der Waals surface area contributed by atoms with E-state index in [0.717, 1.165) is 58.1 Å². The molecule has 1 atom stereocenters. The van der Waals surface area contributed by atoms with Crippen LogP contribution in [0.2, 0.25) is 0 Å². The lowest BCUT2D eigenvalue weighted by molar-refractivity contribution is 0.0341. The summed E-state index contributed by atoms with van der Waals surface area (Å²) in [5.41, 5.74) is 3.60. The summed E-state index contributed by atoms with van der Waals surface area (Å²) in [5, 5.41) is 6.10. The predicted octanol–water partition coefficient (Wildman–Crippen LogP) is 2.85. The second-order valence-electron chi connectivity index (χ2n) is 8.52. The van der Waals surface area contributed by atoms with E-state index >= 15 is 0 Å². The Morgan fingerprint density at radius 1 is 1.06 bits per heavy atom. The van der Waals surface area contributed by atoms with Crippen molar-refractivity contribution >= 4 is 11.7 Å². The Morgan fingerprint density at radius 2 is 1.88 bits per heavy atom. The highest BCUT2D eigenvalue weighted by Gasteiger charge is 2.23. The summed E-state index contributed by atoms with van der Waals surface area (Å²) >= 11 is 0. The molecule has 2 aliphatic rings. The van der Waals surface area contributed by atoms with Crippen molar-refractivity contribution in [3.05, 3.63) is 59.7 Å². The average molecular weight is 439 g/mol. The van der Waals surface area contributed by atoms with E-state index in [1.165, 1.54) is 16.8 Å². The highest BCUT2D eigenvalue weighted by molar-refractivity contribution is 5.73. The number of anilines is 1. The molecule has 172 valence electrons. The lowest BCUT2D eigenvalue weighted by atomic mass is 10.1. The van der Waals surface area contributed by atoms with Crippen molar-refractivity contribution in [2.75, 3.05) is 57.9 Å². The Bertz CT molecular complexity index is 885. The van der Waals surface area contributed by atoms with Crippen LogP contribution >= 0.6 is 0 Å². The largest absolute Gasteiger partial charge is 0.497 e. The van der Waals surface area contributed by atoms with E-state index in [0.29, 0.717) is 19.0 Å². The zero-order chi connectivity index (χ0) is 22.2. The fourth-order valence-corrected chi connectivity index (χ4v) is 4.40. The Labute approximate surface area is 190 Å². The van der Waals surface area contributed by atoms with E-state index in [2.05, 4.69) is 50.8 Å². The van der Waals surface area contributed by atoms with E-state index in [9.17, 15) is 4.79 Å². The summed E-state index contributed by atoms with van der Waals surface area (Å²) in [6.45, 7) is 7.54. The van der Waals surface area contributed by atoms with Gasteiger partial charge in [-0.3, -0.25) is 4.90 Å². The first-order valence-electron chi connectivity index (χ1n) is 11.5. The molecule has 0 radical (unpaired) electrons. The second kappa shape index (κ2) is 11.2. The van der Waals surface area contributed by atoms with Crippen LogP contribution in [0.1, 0.15) is 17.5 Å². The predicted molar refractivity (Wildman–Crippen MR) is 126 cm³/mol. The van der Waals surface area contributed by atoms with E-state index in [1.807, 2.05) is 18.2 Å². The molecular weight excluding hydrogens is 404 g/mol. The molecule has 2 fully saturated rings. The fraction of sp³-hybridized carbons (Fsp3) is 0.480. The fourth-order valence-electron chi connectivity index (χ4n) is 4.40. The molecule has 0 spiro atoms. The summed E-state index contributed by atoms with van der Waals surface area (Å²) in [6, 6.07) is 16.4. The second-order valence-corrected chi connectivity index (χ2v) is 8.52. The molecule has 4 rings (SSSR count). The average Bonchev–Trinajstić information content (AvgIpc) is 3.32. The minimum atomic E-state index is -0.106. The molecule has 2 aliphatic heterocycles. The molecular formula is C25H34N4O3. The van der Waals surface area contributed by atoms with Crippen molar-refractivity contribution in [1.82, 2.24) is 15.5 Å². The van der Waals surface area contributed by atoms with Gasteiger partial charge in [0.25, 0.3) is 0 Å². The third-order valence-electron chi connectivity index (χ3n) is 6.31. The molecule has 2 N–H and O–H groups in total. The first-order chi connectivity index (χ1) is 15.7. The smallest absolute Gasteiger partial charge is 0.315 e. The van der Waals surface area contributed by atoms with Crippen molar-refractivity contribution in [2.45, 2.75) is 19.5 Å². The first kappa shape index (κ1) is 22.4.